The van der Waals surface area contributed by atoms with Crippen LogP contribution in [0.3, 0.4) is 0 Å². The van der Waals surface area contributed by atoms with Crippen LogP contribution in [-0.2, 0) is 7.05 Å². The summed E-state index contributed by atoms with van der Waals surface area (Å²) in [5.74, 6) is 1.09. The van der Waals surface area contributed by atoms with Gasteiger partial charge in [-0.25, -0.2) is 9.07 Å². The standard InChI is InChI=1S/C22H34FN5O2/c1-27(12-13-3-5-24-6-4-13)21-17(23)19(26-28(21)2)20(29)25-18-15-7-14-8-16(18)11-22(30,9-14)10-15/h13-16,18,24,30H,3-12H2,1-2H3,(H,25,29). The van der Waals surface area contributed by atoms with Gasteiger partial charge in [-0.3, -0.25) is 4.79 Å². The number of nitrogens with zero attached hydrogens (tertiary/aromatic N) is 3. The van der Waals surface area contributed by atoms with Crippen molar-refractivity contribution in [2.24, 2.45) is 30.7 Å². The second-order valence-electron chi connectivity index (χ2n) is 10.4. The number of nitrogens with one attached hydrogen (secondary N) is 2. The van der Waals surface area contributed by atoms with Crippen LogP contribution in [0.5, 0.6) is 0 Å². The van der Waals surface area contributed by atoms with Gasteiger partial charge in [0.15, 0.2) is 17.3 Å². The van der Waals surface area contributed by atoms with Gasteiger partial charge in [0.25, 0.3) is 5.91 Å². The molecule has 0 spiro atoms. The summed E-state index contributed by atoms with van der Waals surface area (Å²) in [5.41, 5.74) is -0.657. The van der Waals surface area contributed by atoms with Gasteiger partial charge < -0.3 is 20.6 Å². The van der Waals surface area contributed by atoms with Crippen molar-refractivity contribution in [1.29, 1.82) is 0 Å². The molecule has 1 saturated heterocycles. The minimum atomic E-state index is -0.543. The summed E-state index contributed by atoms with van der Waals surface area (Å²) in [6.07, 6.45) is 6.67. The topological polar surface area (TPSA) is 82.4 Å². The smallest absolute Gasteiger partial charge is 0.275 e. The van der Waals surface area contributed by atoms with E-state index in [0.29, 0.717) is 29.5 Å². The van der Waals surface area contributed by atoms with Gasteiger partial charge in [-0.2, -0.15) is 5.10 Å². The maximum atomic E-state index is 15.3. The first kappa shape index (κ1) is 20.2. The molecule has 8 heteroatoms. The zero-order valence-corrected chi connectivity index (χ0v) is 18.0. The van der Waals surface area contributed by atoms with Crippen molar-refractivity contribution in [3.05, 3.63) is 11.5 Å². The zero-order valence-electron chi connectivity index (χ0n) is 18.0. The van der Waals surface area contributed by atoms with Crippen LogP contribution < -0.4 is 15.5 Å². The van der Waals surface area contributed by atoms with Crippen molar-refractivity contribution in [2.75, 3.05) is 31.6 Å². The van der Waals surface area contributed by atoms with E-state index in [1.54, 1.807) is 7.05 Å². The van der Waals surface area contributed by atoms with Gasteiger partial charge in [0.2, 0.25) is 0 Å². The van der Waals surface area contributed by atoms with Gasteiger partial charge in [0, 0.05) is 26.7 Å². The molecule has 30 heavy (non-hydrogen) atoms. The number of rotatable bonds is 5. The van der Waals surface area contributed by atoms with E-state index in [-0.39, 0.29) is 11.7 Å². The molecule has 3 N–H and O–H groups in total. The molecule has 4 bridgehead atoms. The Labute approximate surface area is 177 Å². The number of hydrogen-bond acceptors (Lipinski definition) is 5. The lowest BCUT2D eigenvalue weighted by Crippen LogP contribution is -2.61. The molecule has 0 radical (unpaired) electrons. The lowest BCUT2D eigenvalue weighted by atomic mass is 9.52. The first-order valence-electron chi connectivity index (χ1n) is 11.5. The SMILES string of the molecule is CN(CC1CCNCC1)c1c(F)c(C(=O)NC2C3CC4CC2CC(O)(C4)C3)nn1C. The Balaban J connectivity index is 1.29. The van der Waals surface area contributed by atoms with E-state index in [1.165, 1.54) is 4.68 Å². The van der Waals surface area contributed by atoms with Crippen molar-refractivity contribution < 1.29 is 14.3 Å². The van der Waals surface area contributed by atoms with Crippen LogP contribution >= 0.6 is 0 Å². The molecule has 4 saturated carbocycles. The molecule has 2 unspecified atom stereocenters. The number of amides is 1. The predicted molar refractivity (Wildman–Crippen MR) is 112 cm³/mol. The van der Waals surface area contributed by atoms with Gasteiger partial charge in [-0.05, 0) is 81.7 Å². The van der Waals surface area contributed by atoms with Crippen molar-refractivity contribution in [3.8, 4) is 0 Å². The van der Waals surface area contributed by atoms with Crippen LogP contribution in [0.2, 0.25) is 0 Å². The van der Waals surface area contributed by atoms with E-state index in [4.69, 9.17) is 0 Å². The Kier molecular flexibility index (Phi) is 5.05. The van der Waals surface area contributed by atoms with Crippen LogP contribution in [0, 0.1) is 29.5 Å². The maximum absolute atomic E-state index is 15.3. The minimum absolute atomic E-state index is 0.0200. The molecule has 1 aromatic heterocycles. The molecule has 5 aliphatic rings. The summed E-state index contributed by atoms with van der Waals surface area (Å²) < 4.78 is 16.8. The molecular formula is C22H34FN5O2. The quantitative estimate of drug-likeness (QED) is 0.676. The highest BCUT2D eigenvalue weighted by atomic mass is 19.1. The highest BCUT2D eigenvalue weighted by Gasteiger charge is 2.55. The van der Waals surface area contributed by atoms with Gasteiger partial charge in [-0.1, -0.05) is 0 Å². The first-order chi connectivity index (χ1) is 14.3. The molecule has 0 aromatic carbocycles. The van der Waals surface area contributed by atoms with Crippen molar-refractivity contribution in [1.82, 2.24) is 20.4 Å². The average Bonchev–Trinajstić information content (AvgIpc) is 2.98. The zero-order chi connectivity index (χ0) is 21.0. The van der Waals surface area contributed by atoms with Crippen molar-refractivity contribution in [3.63, 3.8) is 0 Å². The highest BCUT2D eigenvalue weighted by Crippen LogP contribution is 2.55. The Hall–Kier alpha value is -1.67. The highest BCUT2D eigenvalue weighted by molar-refractivity contribution is 5.93. The Morgan fingerprint density at radius 2 is 1.97 bits per heavy atom. The van der Waals surface area contributed by atoms with E-state index < -0.39 is 17.3 Å². The second-order valence-corrected chi connectivity index (χ2v) is 10.4. The van der Waals surface area contributed by atoms with Crippen molar-refractivity contribution >= 4 is 11.7 Å². The summed E-state index contributed by atoms with van der Waals surface area (Å²) in [6, 6.07) is 0.0200. The van der Waals surface area contributed by atoms with E-state index in [0.717, 1.165) is 64.6 Å². The number of hydrogen-bond donors (Lipinski definition) is 3. The van der Waals surface area contributed by atoms with Gasteiger partial charge in [0.1, 0.15) is 0 Å². The number of aromatic nitrogens is 2. The number of halogens is 1. The fourth-order valence-corrected chi connectivity index (χ4v) is 7.02. The third-order valence-electron chi connectivity index (χ3n) is 8.07. The lowest BCUT2D eigenvalue weighted by Gasteiger charge is -2.58. The fraction of sp³-hybridized carbons (Fsp3) is 0.818. The van der Waals surface area contributed by atoms with Crippen LogP contribution in [0.1, 0.15) is 55.4 Å². The Bertz CT molecular complexity index is 805. The largest absolute Gasteiger partial charge is 0.390 e. The third kappa shape index (κ3) is 3.51. The first-order valence-corrected chi connectivity index (χ1v) is 11.5. The summed E-state index contributed by atoms with van der Waals surface area (Å²) in [4.78, 5) is 14.9. The number of aliphatic hydroxyl groups is 1. The molecule has 4 aliphatic carbocycles. The van der Waals surface area contributed by atoms with Gasteiger partial charge in [0.05, 0.1) is 5.60 Å². The number of piperidine rings is 1. The summed E-state index contributed by atoms with van der Waals surface area (Å²) in [7, 11) is 3.58. The van der Waals surface area contributed by atoms with E-state index in [9.17, 15) is 9.90 Å². The Morgan fingerprint density at radius 1 is 1.30 bits per heavy atom. The van der Waals surface area contributed by atoms with Crippen LogP contribution in [0.4, 0.5) is 10.2 Å². The minimum Gasteiger partial charge on any atom is -0.390 e. The number of carbonyl (C=O) groups is 1. The Morgan fingerprint density at radius 3 is 2.60 bits per heavy atom. The molecule has 6 rings (SSSR count). The fourth-order valence-electron chi connectivity index (χ4n) is 7.02. The lowest BCUT2D eigenvalue weighted by molar-refractivity contribution is -0.137. The summed E-state index contributed by atoms with van der Waals surface area (Å²) in [5, 5.41) is 21.5. The number of anilines is 1. The molecule has 7 nitrogen and oxygen atoms in total. The molecule has 1 amide bonds. The van der Waals surface area contributed by atoms with Crippen LogP contribution in [-0.4, -0.2) is 59.1 Å². The second kappa shape index (κ2) is 7.48. The normalized spacial score (nSPS) is 35.6. The summed E-state index contributed by atoms with van der Waals surface area (Å²) >= 11 is 0. The maximum Gasteiger partial charge on any atom is 0.275 e. The van der Waals surface area contributed by atoms with Crippen LogP contribution in [0.25, 0.3) is 0 Å². The monoisotopic (exact) mass is 419 g/mol. The molecule has 1 aromatic rings. The molecule has 1 aliphatic heterocycles. The van der Waals surface area contributed by atoms with Gasteiger partial charge in [-0.15, -0.1) is 0 Å². The van der Waals surface area contributed by atoms with E-state index in [1.807, 2.05) is 11.9 Å². The van der Waals surface area contributed by atoms with E-state index in [2.05, 4.69) is 15.7 Å². The molecular weight excluding hydrogens is 385 g/mol. The molecule has 166 valence electrons. The number of carbonyl (C=O) groups excluding carboxylic acids is 1. The molecule has 2 heterocycles. The summed E-state index contributed by atoms with van der Waals surface area (Å²) in [6.45, 7) is 2.76. The number of aryl methyl sites for hydroxylation is 1. The molecule has 5 fully saturated rings. The van der Waals surface area contributed by atoms with Crippen molar-refractivity contribution in [2.45, 2.75) is 56.6 Å². The third-order valence-corrected chi connectivity index (χ3v) is 8.07. The van der Waals surface area contributed by atoms with E-state index >= 15 is 4.39 Å². The van der Waals surface area contributed by atoms with Gasteiger partial charge >= 0.3 is 0 Å². The average molecular weight is 420 g/mol. The molecule has 2 atom stereocenters. The van der Waals surface area contributed by atoms with Crippen LogP contribution in [0.15, 0.2) is 0 Å². The predicted octanol–water partition coefficient (Wildman–Crippen LogP) is 1.66.